The lowest BCUT2D eigenvalue weighted by molar-refractivity contribution is 0.201. The number of rotatable bonds is 5. The number of nitrogens with zero attached hydrogens (tertiary/aromatic N) is 4. The van der Waals surface area contributed by atoms with Gasteiger partial charge in [0.2, 0.25) is 0 Å². The van der Waals surface area contributed by atoms with Gasteiger partial charge in [-0.15, -0.1) is 0 Å². The fourth-order valence-corrected chi connectivity index (χ4v) is 4.86. The van der Waals surface area contributed by atoms with Gasteiger partial charge >= 0.3 is 0 Å². The van der Waals surface area contributed by atoms with Gasteiger partial charge in [0.05, 0.1) is 5.69 Å². The van der Waals surface area contributed by atoms with Crippen molar-refractivity contribution in [1.82, 2.24) is 19.9 Å². The number of hydrogen-bond donors (Lipinski definition) is 1. The molecule has 0 amide bonds. The number of aromatic hydroxyl groups is 1. The molecule has 0 aliphatic carbocycles. The molecule has 1 fully saturated rings. The third-order valence-corrected chi connectivity index (χ3v) is 6.73. The molecule has 0 unspecified atom stereocenters. The van der Waals surface area contributed by atoms with Crippen LogP contribution in [0, 0.1) is 6.92 Å². The van der Waals surface area contributed by atoms with Crippen LogP contribution in [0.4, 0.5) is 0 Å². The van der Waals surface area contributed by atoms with Crippen LogP contribution in [0.1, 0.15) is 35.6 Å². The van der Waals surface area contributed by atoms with Crippen LogP contribution in [0.25, 0.3) is 22.5 Å². The van der Waals surface area contributed by atoms with Gasteiger partial charge in [-0.1, -0.05) is 41.4 Å². The molecule has 4 aromatic rings. The second-order valence-corrected chi connectivity index (χ2v) is 9.36. The van der Waals surface area contributed by atoms with Crippen molar-refractivity contribution >= 4 is 11.6 Å². The average molecular weight is 471 g/mol. The Bertz CT molecular complexity index is 1290. The summed E-state index contributed by atoms with van der Waals surface area (Å²) in [5.41, 5.74) is 6.43. The highest BCUT2D eigenvalue weighted by molar-refractivity contribution is 6.30. The third kappa shape index (κ3) is 4.96. The topological polar surface area (TPSA) is 62.1 Å². The molecule has 0 bridgehead atoms. The van der Waals surface area contributed by atoms with Crippen molar-refractivity contribution in [3.63, 3.8) is 0 Å². The highest BCUT2D eigenvalue weighted by Crippen LogP contribution is 2.36. The van der Waals surface area contributed by atoms with Gasteiger partial charge in [-0.2, -0.15) is 0 Å². The van der Waals surface area contributed by atoms with E-state index in [9.17, 15) is 5.11 Å². The molecule has 0 atom stereocenters. The molecule has 1 N–H and O–H groups in total. The normalized spacial score (nSPS) is 14.9. The molecule has 34 heavy (non-hydrogen) atoms. The number of phenols is 1. The Kier molecular flexibility index (Phi) is 6.57. The lowest BCUT2D eigenvalue weighted by Gasteiger charge is -2.32. The first-order valence-corrected chi connectivity index (χ1v) is 12.0. The highest BCUT2D eigenvalue weighted by Gasteiger charge is 2.26. The summed E-state index contributed by atoms with van der Waals surface area (Å²) in [6.45, 7) is 4.66. The van der Waals surface area contributed by atoms with Gasteiger partial charge < -0.3 is 5.11 Å². The first-order valence-electron chi connectivity index (χ1n) is 11.6. The number of aryl methyl sites for hydroxylation is 1. The first-order chi connectivity index (χ1) is 16.6. The molecule has 5 nitrogen and oxygen atoms in total. The van der Waals surface area contributed by atoms with Gasteiger partial charge in [0.25, 0.3) is 0 Å². The van der Waals surface area contributed by atoms with E-state index >= 15 is 0 Å². The van der Waals surface area contributed by atoms with Gasteiger partial charge in [-0.3, -0.25) is 9.88 Å². The van der Waals surface area contributed by atoms with Crippen molar-refractivity contribution < 1.29 is 5.11 Å². The smallest absolute Gasteiger partial charge is 0.159 e. The molecule has 6 heteroatoms. The minimum atomic E-state index is 0.297. The van der Waals surface area contributed by atoms with Crippen LogP contribution in [-0.2, 0) is 6.54 Å². The number of hydrogen-bond acceptors (Lipinski definition) is 5. The fourth-order valence-electron chi connectivity index (χ4n) is 4.67. The van der Waals surface area contributed by atoms with Gasteiger partial charge in [0, 0.05) is 52.8 Å². The first kappa shape index (κ1) is 22.5. The minimum Gasteiger partial charge on any atom is -0.508 e. The van der Waals surface area contributed by atoms with E-state index in [0.29, 0.717) is 23.2 Å². The monoisotopic (exact) mass is 470 g/mol. The van der Waals surface area contributed by atoms with Gasteiger partial charge in [0.15, 0.2) is 5.82 Å². The molecule has 1 aliphatic heterocycles. The summed E-state index contributed by atoms with van der Waals surface area (Å²) in [6, 6.07) is 17.7. The standard InChI is InChI=1S/C28H27ClN4O/c1-19-3-2-4-22(15-19)25-17-31-28(21-7-11-30-12-8-21)32-27(25)20-9-13-33(14-10-20)18-23-16-24(29)5-6-26(23)34/h2-8,11-12,15-17,20,34H,9-10,13-14,18H2,1H3. The van der Waals surface area contributed by atoms with Crippen molar-refractivity contribution in [3.8, 4) is 28.3 Å². The predicted octanol–water partition coefficient (Wildman–Crippen LogP) is 6.25. The Morgan fingerprint density at radius 1 is 1.00 bits per heavy atom. The van der Waals surface area contributed by atoms with Crippen LogP contribution >= 0.6 is 11.6 Å². The molecular formula is C28H27ClN4O. The highest BCUT2D eigenvalue weighted by atomic mass is 35.5. The summed E-state index contributed by atoms with van der Waals surface area (Å²) in [5.74, 6) is 1.37. The summed E-state index contributed by atoms with van der Waals surface area (Å²) < 4.78 is 0. The summed E-state index contributed by atoms with van der Waals surface area (Å²) in [6.07, 6.45) is 7.51. The maximum Gasteiger partial charge on any atom is 0.159 e. The largest absolute Gasteiger partial charge is 0.508 e. The maximum absolute atomic E-state index is 10.2. The number of aromatic nitrogens is 3. The Balaban J connectivity index is 1.42. The van der Waals surface area contributed by atoms with E-state index in [2.05, 4.69) is 41.1 Å². The molecule has 172 valence electrons. The Morgan fingerprint density at radius 3 is 2.56 bits per heavy atom. The van der Waals surface area contributed by atoms with Gasteiger partial charge in [-0.25, -0.2) is 9.97 Å². The number of halogens is 1. The number of piperidine rings is 1. The predicted molar refractivity (Wildman–Crippen MR) is 136 cm³/mol. The Labute approximate surface area is 205 Å². The molecule has 0 radical (unpaired) electrons. The fraction of sp³-hybridized carbons (Fsp3) is 0.250. The zero-order chi connectivity index (χ0) is 23.5. The maximum atomic E-state index is 10.2. The summed E-state index contributed by atoms with van der Waals surface area (Å²) in [5, 5.41) is 10.9. The number of phenolic OH excluding ortho intramolecular Hbond substituents is 1. The molecule has 1 aliphatic rings. The number of benzene rings is 2. The summed E-state index contributed by atoms with van der Waals surface area (Å²) >= 11 is 6.14. The van der Waals surface area contributed by atoms with Crippen LogP contribution in [0.15, 0.2) is 73.2 Å². The molecule has 2 aromatic carbocycles. The molecule has 0 saturated carbocycles. The van der Waals surface area contributed by atoms with Gasteiger partial charge in [0.1, 0.15) is 5.75 Å². The van der Waals surface area contributed by atoms with Crippen molar-refractivity contribution in [2.45, 2.75) is 32.2 Å². The molecular weight excluding hydrogens is 444 g/mol. The Hall–Kier alpha value is -3.28. The van der Waals surface area contributed by atoms with E-state index < -0.39 is 0 Å². The van der Waals surface area contributed by atoms with Crippen LogP contribution in [0.5, 0.6) is 5.75 Å². The van der Waals surface area contributed by atoms with Gasteiger partial charge in [-0.05, 0) is 68.8 Å². The molecule has 0 spiro atoms. The SMILES string of the molecule is Cc1cccc(-c2cnc(-c3ccncc3)nc2C2CCN(Cc3cc(Cl)ccc3O)CC2)c1. The number of likely N-dealkylation sites (tertiary alicyclic amines) is 1. The van der Waals surface area contributed by atoms with E-state index in [1.165, 1.54) is 5.56 Å². The van der Waals surface area contributed by atoms with Crippen molar-refractivity contribution in [1.29, 1.82) is 0 Å². The van der Waals surface area contributed by atoms with E-state index in [0.717, 1.165) is 59.7 Å². The zero-order valence-electron chi connectivity index (χ0n) is 19.2. The van der Waals surface area contributed by atoms with Crippen LogP contribution in [0.2, 0.25) is 5.02 Å². The minimum absolute atomic E-state index is 0.297. The van der Waals surface area contributed by atoms with Crippen molar-refractivity contribution in [3.05, 3.63) is 95.0 Å². The van der Waals surface area contributed by atoms with Crippen LogP contribution in [-0.4, -0.2) is 38.0 Å². The van der Waals surface area contributed by atoms with Crippen molar-refractivity contribution in [2.24, 2.45) is 0 Å². The lowest BCUT2D eigenvalue weighted by atomic mass is 9.88. The summed E-state index contributed by atoms with van der Waals surface area (Å²) in [7, 11) is 0. The van der Waals surface area contributed by atoms with Crippen molar-refractivity contribution in [2.75, 3.05) is 13.1 Å². The lowest BCUT2D eigenvalue weighted by Crippen LogP contribution is -2.33. The molecule has 2 aromatic heterocycles. The van der Waals surface area contributed by atoms with Crippen LogP contribution in [0.3, 0.4) is 0 Å². The second-order valence-electron chi connectivity index (χ2n) is 8.92. The van der Waals surface area contributed by atoms with E-state index in [1.54, 1.807) is 24.5 Å². The van der Waals surface area contributed by atoms with E-state index in [4.69, 9.17) is 21.6 Å². The molecule has 3 heterocycles. The third-order valence-electron chi connectivity index (χ3n) is 6.50. The Morgan fingerprint density at radius 2 is 1.79 bits per heavy atom. The van der Waals surface area contributed by atoms with E-state index in [1.807, 2.05) is 24.4 Å². The second kappa shape index (κ2) is 9.92. The quantitative estimate of drug-likeness (QED) is 0.373. The average Bonchev–Trinajstić information content (AvgIpc) is 2.87. The van der Waals surface area contributed by atoms with E-state index in [-0.39, 0.29) is 0 Å². The molecule has 1 saturated heterocycles. The summed E-state index contributed by atoms with van der Waals surface area (Å²) in [4.78, 5) is 16.3. The molecule has 5 rings (SSSR count). The van der Waals surface area contributed by atoms with Crippen LogP contribution < -0.4 is 0 Å². The number of pyridine rings is 1. The zero-order valence-corrected chi connectivity index (χ0v) is 19.9.